The van der Waals surface area contributed by atoms with E-state index in [-0.39, 0.29) is 31.6 Å². The van der Waals surface area contributed by atoms with Crippen molar-refractivity contribution < 1.29 is 8.78 Å². The molecule has 0 saturated heterocycles. The number of nitrogens with two attached hydrogens (primary N) is 1. The first-order valence-corrected chi connectivity index (χ1v) is 6.22. The minimum Gasteiger partial charge on any atom is -0.382 e. The fraction of sp³-hybridized carbons (Fsp3) is 0. The summed E-state index contributed by atoms with van der Waals surface area (Å²) < 4.78 is 27.7. The van der Waals surface area contributed by atoms with Crippen LogP contribution < -0.4 is 5.73 Å². The van der Waals surface area contributed by atoms with Crippen molar-refractivity contribution in [3.8, 4) is 11.3 Å². The van der Waals surface area contributed by atoms with Crippen molar-refractivity contribution in [1.29, 1.82) is 0 Å². The Morgan fingerprint density at radius 3 is 2.50 bits per heavy atom. The van der Waals surface area contributed by atoms with E-state index in [1.54, 1.807) is 0 Å². The molecule has 0 fully saturated rings. The molecule has 2 N–H and O–H groups in total. The van der Waals surface area contributed by atoms with Gasteiger partial charge in [0.15, 0.2) is 0 Å². The summed E-state index contributed by atoms with van der Waals surface area (Å²) in [5.41, 5.74) is 5.07. The lowest BCUT2D eigenvalue weighted by Crippen LogP contribution is -1.99. The number of anilines is 1. The summed E-state index contributed by atoms with van der Waals surface area (Å²) in [7, 11) is 0. The van der Waals surface area contributed by atoms with E-state index >= 15 is 0 Å². The highest BCUT2D eigenvalue weighted by molar-refractivity contribution is 9.10. The van der Waals surface area contributed by atoms with Crippen LogP contribution in [0.1, 0.15) is 0 Å². The molecule has 2 aromatic rings. The van der Waals surface area contributed by atoms with Gasteiger partial charge in [-0.3, -0.25) is 0 Å². The molecule has 0 unspecified atom stereocenters. The van der Waals surface area contributed by atoms with Gasteiger partial charge in [0.05, 0.1) is 25.8 Å². The zero-order valence-corrected chi connectivity index (χ0v) is 11.7. The van der Waals surface area contributed by atoms with Gasteiger partial charge in [-0.05, 0) is 34.1 Å². The third-order valence-electron chi connectivity index (χ3n) is 2.24. The number of pyridine rings is 1. The average molecular weight is 354 g/mol. The summed E-state index contributed by atoms with van der Waals surface area (Å²) in [4.78, 5) is 3.82. The van der Waals surface area contributed by atoms with Gasteiger partial charge in [0.2, 0.25) is 0 Å². The molecule has 0 aliphatic heterocycles. The van der Waals surface area contributed by atoms with E-state index in [9.17, 15) is 8.78 Å². The maximum Gasteiger partial charge on any atom is 0.149 e. The number of aromatic nitrogens is 1. The van der Waals surface area contributed by atoms with E-state index in [4.69, 9.17) is 28.9 Å². The first-order valence-electron chi connectivity index (χ1n) is 4.67. The van der Waals surface area contributed by atoms with Crippen molar-refractivity contribution in [2.45, 2.75) is 0 Å². The summed E-state index contributed by atoms with van der Waals surface area (Å²) >= 11 is 14.6. The predicted octanol–water partition coefficient (Wildman–Crippen LogP) is 4.68. The standard InChI is InChI=1S/C11H5BrCl2F2N2/c12-4-1-2-7(15)8(9(4)16)10-5(13)3-6(14)11(17)18-10/h1-3H,(H2,17,18). The van der Waals surface area contributed by atoms with E-state index in [2.05, 4.69) is 20.9 Å². The van der Waals surface area contributed by atoms with Gasteiger partial charge in [0, 0.05) is 0 Å². The SMILES string of the molecule is Nc1nc(-c2c(F)ccc(Br)c2F)c(Cl)cc1Cl. The molecule has 2 rings (SSSR count). The van der Waals surface area contributed by atoms with Crippen LogP contribution in [0.25, 0.3) is 11.3 Å². The third-order valence-corrected chi connectivity index (χ3v) is 3.44. The minimum atomic E-state index is -0.800. The zero-order chi connectivity index (χ0) is 13.4. The fourth-order valence-electron chi connectivity index (χ4n) is 1.40. The van der Waals surface area contributed by atoms with Crippen molar-refractivity contribution >= 4 is 44.9 Å². The topological polar surface area (TPSA) is 38.9 Å². The third kappa shape index (κ3) is 2.30. The van der Waals surface area contributed by atoms with Crippen LogP contribution in [-0.2, 0) is 0 Å². The molecular formula is C11H5BrCl2F2N2. The Morgan fingerprint density at radius 1 is 1.17 bits per heavy atom. The highest BCUT2D eigenvalue weighted by Gasteiger charge is 2.19. The van der Waals surface area contributed by atoms with Crippen molar-refractivity contribution in [2.75, 3.05) is 5.73 Å². The molecule has 0 radical (unpaired) electrons. The first-order chi connectivity index (χ1) is 8.41. The minimum absolute atomic E-state index is 0.0186. The Balaban J connectivity index is 2.77. The molecule has 1 heterocycles. The average Bonchev–Trinajstić information content (AvgIpc) is 2.31. The molecule has 1 aromatic heterocycles. The van der Waals surface area contributed by atoms with Crippen LogP contribution >= 0.6 is 39.1 Å². The number of benzene rings is 1. The molecule has 0 atom stereocenters. The maximum absolute atomic E-state index is 13.9. The van der Waals surface area contributed by atoms with Gasteiger partial charge < -0.3 is 5.73 Å². The van der Waals surface area contributed by atoms with Crippen molar-refractivity contribution in [1.82, 2.24) is 4.98 Å². The lowest BCUT2D eigenvalue weighted by molar-refractivity contribution is 0.584. The number of hydrogen-bond acceptors (Lipinski definition) is 2. The summed E-state index contributed by atoms with van der Waals surface area (Å²) in [6.07, 6.45) is 0. The van der Waals surface area contributed by atoms with Gasteiger partial charge >= 0.3 is 0 Å². The highest BCUT2D eigenvalue weighted by atomic mass is 79.9. The smallest absolute Gasteiger partial charge is 0.149 e. The quantitative estimate of drug-likeness (QED) is 0.756. The van der Waals surface area contributed by atoms with Gasteiger partial charge in [-0.2, -0.15) is 0 Å². The van der Waals surface area contributed by atoms with E-state index in [0.717, 1.165) is 6.07 Å². The van der Waals surface area contributed by atoms with Crippen LogP contribution in [0.2, 0.25) is 10.0 Å². The van der Waals surface area contributed by atoms with Crippen LogP contribution in [0.5, 0.6) is 0 Å². The van der Waals surface area contributed by atoms with Crippen LogP contribution in [0.3, 0.4) is 0 Å². The maximum atomic E-state index is 13.9. The largest absolute Gasteiger partial charge is 0.382 e. The van der Waals surface area contributed by atoms with Crippen LogP contribution in [0, 0.1) is 11.6 Å². The zero-order valence-electron chi connectivity index (χ0n) is 8.65. The summed E-state index contributed by atoms with van der Waals surface area (Å²) in [6.45, 7) is 0. The monoisotopic (exact) mass is 352 g/mol. The molecule has 7 heteroatoms. The van der Waals surface area contributed by atoms with E-state index < -0.39 is 11.6 Å². The molecule has 0 spiro atoms. The Morgan fingerprint density at radius 2 is 1.83 bits per heavy atom. The second-order valence-corrected chi connectivity index (χ2v) is 5.07. The second kappa shape index (κ2) is 4.99. The van der Waals surface area contributed by atoms with E-state index in [0.29, 0.717) is 0 Å². The predicted molar refractivity (Wildman–Crippen MR) is 71.7 cm³/mol. The molecule has 0 aliphatic carbocycles. The number of nitrogens with zero attached hydrogens (tertiary/aromatic N) is 1. The summed E-state index contributed by atoms with van der Waals surface area (Å²) in [5.74, 6) is -1.63. The van der Waals surface area contributed by atoms with Crippen LogP contribution in [0.4, 0.5) is 14.6 Å². The first kappa shape index (κ1) is 13.5. The molecule has 18 heavy (non-hydrogen) atoms. The second-order valence-electron chi connectivity index (χ2n) is 3.40. The molecule has 0 saturated carbocycles. The van der Waals surface area contributed by atoms with Crippen molar-refractivity contribution in [3.63, 3.8) is 0 Å². The Labute approximate surface area is 120 Å². The summed E-state index contributed by atoms with van der Waals surface area (Å²) in [6, 6.07) is 3.65. The van der Waals surface area contributed by atoms with Crippen LogP contribution in [-0.4, -0.2) is 4.98 Å². The normalized spacial score (nSPS) is 10.7. The molecule has 94 valence electrons. The molecular weight excluding hydrogens is 349 g/mol. The Bertz CT molecular complexity index is 635. The van der Waals surface area contributed by atoms with Gasteiger partial charge in [0.25, 0.3) is 0 Å². The van der Waals surface area contributed by atoms with E-state index in [1.807, 2.05) is 0 Å². The lowest BCUT2D eigenvalue weighted by atomic mass is 10.1. The van der Waals surface area contributed by atoms with Gasteiger partial charge in [0.1, 0.15) is 17.5 Å². The molecule has 2 nitrogen and oxygen atoms in total. The van der Waals surface area contributed by atoms with Crippen LogP contribution in [0.15, 0.2) is 22.7 Å². The van der Waals surface area contributed by atoms with Gasteiger partial charge in [-0.1, -0.05) is 23.2 Å². The number of nitrogen functional groups attached to an aromatic ring is 1. The Kier molecular flexibility index (Phi) is 3.75. The fourth-order valence-corrected chi connectivity index (χ4v) is 2.18. The van der Waals surface area contributed by atoms with E-state index in [1.165, 1.54) is 12.1 Å². The lowest BCUT2D eigenvalue weighted by Gasteiger charge is -2.09. The molecule has 0 amide bonds. The number of rotatable bonds is 1. The molecule has 1 aromatic carbocycles. The highest BCUT2D eigenvalue weighted by Crippen LogP contribution is 2.36. The molecule has 0 aliphatic rings. The Hall–Kier alpha value is -0.910. The van der Waals surface area contributed by atoms with Crippen molar-refractivity contribution in [3.05, 3.63) is 44.4 Å². The van der Waals surface area contributed by atoms with Crippen molar-refractivity contribution in [2.24, 2.45) is 0 Å². The van der Waals surface area contributed by atoms with Gasteiger partial charge in [-0.15, -0.1) is 0 Å². The summed E-state index contributed by atoms with van der Waals surface area (Å²) in [5, 5.41) is 0.143. The number of hydrogen-bond donors (Lipinski definition) is 1. The van der Waals surface area contributed by atoms with Gasteiger partial charge in [-0.25, -0.2) is 13.8 Å². The number of halogens is 5. The molecule has 0 bridgehead atoms.